The summed E-state index contributed by atoms with van der Waals surface area (Å²) in [5.74, 6) is -0.376. The van der Waals surface area contributed by atoms with E-state index in [-0.39, 0.29) is 16.6 Å². The van der Waals surface area contributed by atoms with Crippen molar-refractivity contribution in [3.63, 3.8) is 0 Å². The first-order valence-corrected chi connectivity index (χ1v) is 9.85. The Morgan fingerprint density at radius 1 is 1.21 bits per heavy atom. The van der Waals surface area contributed by atoms with Crippen molar-refractivity contribution in [1.29, 1.82) is 0 Å². The fourth-order valence-electron chi connectivity index (χ4n) is 2.58. The molecule has 0 radical (unpaired) electrons. The zero-order chi connectivity index (χ0) is 20.7. The second kappa shape index (κ2) is 7.36. The van der Waals surface area contributed by atoms with Gasteiger partial charge in [-0.25, -0.2) is 9.78 Å². The maximum absolute atomic E-state index is 12.8. The van der Waals surface area contributed by atoms with E-state index < -0.39 is 22.3 Å². The topological polar surface area (TPSA) is 139 Å². The van der Waals surface area contributed by atoms with Crippen LogP contribution in [0.2, 0.25) is 0 Å². The largest absolute Gasteiger partial charge is 0.410 e. The lowest BCUT2D eigenvalue weighted by atomic mass is 10.1. The summed E-state index contributed by atoms with van der Waals surface area (Å²) in [6.45, 7) is 5.33. The predicted octanol–water partition coefficient (Wildman–Crippen LogP) is 1.15. The predicted molar refractivity (Wildman–Crippen MR) is 106 cm³/mol. The van der Waals surface area contributed by atoms with Crippen LogP contribution in [0.5, 0.6) is 0 Å². The number of thioether (sulfide) groups is 1. The molecular formula is C16H18N6O4S2. The minimum Gasteiger partial charge on any atom is -0.410 e. The van der Waals surface area contributed by atoms with Crippen molar-refractivity contribution in [1.82, 2.24) is 24.3 Å². The fraction of sp³-hybridized carbons (Fsp3) is 0.375. The van der Waals surface area contributed by atoms with Gasteiger partial charge in [-0.2, -0.15) is 0 Å². The van der Waals surface area contributed by atoms with Gasteiger partial charge in [0.1, 0.15) is 16.3 Å². The number of aryl methyl sites for hydroxylation is 2. The number of carbonyl (C=O) groups excluding carboxylic acids is 1. The molecule has 3 aromatic rings. The van der Waals surface area contributed by atoms with Gasteiger partial charge in [0.15, 0.2) is 5.78 Å². The summed E-state index contributed by atoms with van der Waals surface area (Å²) in [5.41, 5.74) is 5.06. The maximum atomic E-state index is 12.8. The summed E-state index contributed by atoms with van der Waals surface area (Å²) < 4.78 is 7.55. The van der Waals surface area contributed by atoms with E-state index in [4.69, 9.17) is 10.2 Å². The number of carbonyl (C=O) groups is 1. The van der Waals surface area contributed by atoms with Gasteiger partial charge in [0.2, 0.25) is 0 Å². The fourth-order valence-corrected chi connectivity index (χ4v) is 4.16. The quantitative estimate of drug-likeness (QED) is 0.474. The Morgan fingerprint density at radius 3 is 2.50 bits per heavy atom. The number of nitrogen functional groups attached to an aromatic ring is 1. The second-order valence-corrected chi connectivity index (χ2v) is 8.61. The summed E-state index contributed by atoms with van der Waals surface area (Å²) in [6.07, 6.45) is 0. The van der Waals surface area contributed by atoms with Gasteiger partial charge < -0.3 is 10.2 Å². The normalized spacial score (nSPS) is 12.3. The Morgan fingerprint density at radius 2 is 1.89 bits per heavy atom. The van der Waals surface area contributed by atoms with Crippen molar-refractivity contribution in [2.75, 3.05) is 5.73 Å². The van der Waals surface area contributed by atoms with E-state index in [1.54, 1.807) is 6.92 Å². The van der Waals surface area contributed by atoms with Crippen molar-refractivity contribution in [2.45, 2.75) is 31.2 Å². The van der Waals surface area contributed by atoms with E-state index in [9.17, 15) is 14.4 Å². The molecule has 12 heteroatoms. The smallest absolute Gasteiger partial charge is 0.332 e. The van der Waals surface area contributed by atoms with E-state index in [0.29, 0.717) is 5.89 Å². The molecule has 0 aliphatic rings. The maximum Gasteiger partial charge on any atom is 0.332 e. The van der Waals surface area contributed by atoms with Gasteiger partial charge in [-0.3, -0.25) is 18.7 Å². The standard InChI is InChI=1S/C16H18N6O4S2/c1-6-11(28-8(3)18-6)13-19-20-15(26-13)27-7(2)10(23)9-12(17)21(4)16(25)22(5)14(9)24/h7H,17H2,1-5H3. The van der Waals surface area contributed by atoms with Crippen LogP contribution in [-0.2, 0) is 14.1 Å². The summed E-state index contributed by atoms with van der Waals surface area (Å²) in [7, 11) is 2.69. The van der Waals surface area contributed by atoms with Crippen molar-refractivity contribution in [3.8, 4) is 10.8 Å². The number of Topliss-reactive ketones (excluding diaryl/α,β-unsaturated/α-hetero) is 1. The van der Waals surface area contributed by atoms with Crippen LogP contribution in [0.1, 0.15) is 28.0 Å². The molecule has 0 aliphatic heterocycles. The van der Waals surface area contributed by atoms with Gasteiger partial charge in [0, 0.05) is 14.1 Å². The Balaban J connectivity index is 1.88. The molecular weight excluding hydrogens is 404 g/mol. The number of nitrogens with two attached hydrogens (primary N) is 1. The molecule has 28 heavy (non-hydrogen) atoms. The van der Waals surface area contributed by atoms with E-state index in [1.165, 1.54) is 25.4 Å². The zero-order valence-corrected chi connectivity index (χ0v) is 17.5. The van der Waals surface area contributed by atoms with Crippen molar-refractivity contribution >= 4 is 34.7 Å². The second-order valence-electron chi connectivity index (χ2n) is 6.11. The molecule has 3 rings (SSSR count). The first-order valence-electron chi connectivity index (χ1n) is 8.16. The Labute approximate surface area is 167 Å². The summed E-state index contributed by atoms with van der Waals surface area (Å²) in [6, 6.07) is 0. The highest BCUT2D eigenvalue weighted by atomic mass is 32.2. The Bertz CT molecular complexity index is 1190. The number of anilines is 1. The van der Waals surface area contributed by atoms with Gasteiger partial charge in [-0.05, 0) is 20.8 Å². The van der Waals surface area contributed by atoms with Crippen LogP contribution in [0, 0.1) is 13.8 Å². The molecule has 10 nitrogen and oxygen atoms in total. The number of aromatic nitrogens is 5. The molecule has 0 spiro atoms. The molecule has 0 aromatic carbocycles. The van der Waals surface area contributed by atoms with E-state index in [2.05, 4.69) is 15.2 Å². The Kier molecular flexibility index (Phi) is 5.26. The third-order valence-corrected chi connectivity index (χ3v) is 6.10. The lowest BCUT2D eigenvalue weighted by molar-refractivity contribution is 0.0991. The molecule has 0 saturated heterocycles. The van der Waals surface area contributed by atoms with Gasteiger partial charge in [0.25, 0.3) is 16.7 Å². The number of nitrogens with zero attached hydrogens (tertiary/aromatic N) is 5. The molecule has 0 saturated carbocycles. The summed E-state index contributed by atoms with van der Waals surface area (Å²) in [4.78, 5) is 42.2. The third-order valence-electron chi connectivity index (χ3n) is 4.11. The lowest BCUT2D eigenvalue weighted by Crippen LogP contribution is -2.42. The summed E-state index contributed by atoms with van der Waals surface area (Å²) >= 11 is 2.45. The van der Waals surface area contributed by atoms with Gasteiger partial charge >= 0.3 is 5.69 Å². The SMILES string of the molecule is Cc1nc(C)c(-c2nnc(SC(C)C(=O)c3c(N)n(C)c(=O)n(C)c3=O)o2)s1. The first kappa shape index (κ1) is 20.0. The van der Waals surface area contributed by atoms with Crippen LogP contribution in [0.4, 0.5) is 5.82 Å². The number of rotatable bonds is 5. The lowest BCUT2D eigenvalue weighted by Gasteiger charge is -2.13. The number of hydrogen-bond donors (Lipinski definition) is 1. The van der Waals surface area contributed by atoms with Crippen molar-refractivity contribution < 1.29 is 9.21 Å². The monoisotopic (exact) mass is 422 g/mol. The molecule has 3 aromatic heterocycles. The molecule has 3 heterocycles. The first-order chi connectivity index (χ1) is 13.1. The van der Waals surface area contributed by atoms with E-state index in [0.717, 1.165) is 36.5 Å². The molecule has 0 bridgehead atoms. The highest BCUT2D eigenvalue weighted by Gasteiger charge is 2.27. The Hall–Kier alpha value is -2.73. The molecule has 0 amide bonds. The van der Waals surface area contributed by atoms with Crippen LogP contribution in [-0.4, -0.2) is 35.3 Å². The highest BCUT2D eigenvalue weighted by Crippen LogP contribution is 2.32. The highest BCUT2D eigenvalue weighted by molar-refractivity contribution is 8.00. The van der Waals surface area contributed by atoms with Crippen molar-refractivity contribution in [3.05, 3.63) is 37.1 Å². The average molecular weight is 422 g/mol. The van der Waals surface area contributed by atoms with Crippen LogP contribution in [0.25, 0.3) is 10.8 Å². The average Bonchev–Trinajstić information content (AvgIpc) is 3.23. The van der Waals surface area contributed by atoms with Gasteiger partial charge in [-0.1, -0.05) is 11.8 Å². The molecule has 1 atom stereocenters. The van der Waals surface area contributed by atoms with Gasteiger partial charge in [-0.15, -0.1) is 21.5 Å². The van der Waals surface area contributed by atoms with Crippen LogP contribution >= 0.6 is 23.1 Å². The number of ketones is 1. The molecule has 0 fully saturated rings. The van der Waals surface area contributed by atoms with E-state index >= 15 is 0 Å². The number of thiazole rings is 1. The van der Waals surface area contributed by atoms with E-state index in [1.807, 2.05) is 13.8 Å². The minimum atomic E-state index is -0.736. The summed E-state index contributed by atoms with van der Waals surface area (Å²) in [5, 5.41) is 8.29. The number of hydrogen-bond acceptors (Lipinski definition) is 10. The minimum absolute atomic E-state index is 0.174. The van der Waals surface area contributed by atoms with Crippen LogP contribution < -0.4 is 17.0 Å². The molecule has 148 valence electrons. The molecule has 2 N–H and O–H groups in total. The van der Waals surface area contributed by atoms with Gasteiger partial charge in [0.05, 0.1) is 16.0 Å². The van der Waals surface area contributed by atoms with Crippen molar-refractivity contribution in [2.24, 2.45) is 14.1 Å². The van der Waals surface area contributed by atoms with Crippen LogP contribution in [0.3, 0.4) is 0 Å². The van der Waals surface area contributed by atoms with Crippen LogP contribution in [0.15, 0.2) is 19.2 Å². The molecule has 1 unspecified atom stereocenters. The zero-order valence-electron chi connectivity index (χ0n) is 15.8. The third kappa shape index (κ3) is 3.40. The molecule has 0 aliphatic carbocycles.